The quantitative estimate of drug-likeness (QED) is 0.884. The minimum Gasteiger partial charge on any atom is -0.381 e. The molecule has 3 heterocycles. The van der Waals surface area contributed by atoms with Crippen molar-refractivity contribution in [2.24, 2.45) is 0 Å². The Kier molecular flexibility index (Phi) is 5.82. The third-order valence-corrected chi connectivity index (χ3v) is 5.36. The summed E-state index contributed by atoms with van der Waals surface area (Å²) in [6.45, 7) is 3.41. The standard InChI is InChI=1S/C18H24F3N3O2/c19-18(20,21)14-5-4-8-22-15(14)16(25)23-13-17(6-11-26-12-7-17)24-9-2-1-3-10-24/h4-5,8H,1-3,6-7,9-13H2,(H,23,25). The molecule has 2 saturated heterocycles. The Morgan fingerprint density at radius 2 is 1.92 bits per heavy atom. The van der Waals surface area contributed by atoms with E-state index in [4.69, 9.17) is 4.74 Å². The number of likely N-dealkylation sites (tertiary alicyclic amines) is 1. The van der Waals surface area contributed by atoms with Crippen molar-refractivity contribution in [1.82, 2.24) is 15.2 Å². The summed E-state index contributed by atoms with van der Waals surface area (Å²) < 4.78 is 44.8. The summed E-state index contributed by atoms with van der Waals surface area (Å²) in [6, 6.07) is 2.07. The van der Waals surface area contributed by atoms with E-state index < -0.39 is 23.3 Å². The van der Waals surface area contributed by atoms with Gasteiger partial charge in [0.2, 0.25) is 0 Å². The van der Waals surface area contributed by atoms with Gasteiger partial charge in [-0.1, -0.05) is 6.42 Å². The molecule has 8 heteroatoms. The Morgan fingerprint density at radius 3 is 2.58 bits per heavy atom. The molecule has 0 spiro atoms. The number of alkyl halides is 3. The van der Waals surface area contributed by atoms with Gasteiger partial charge < -0.3 is 10.1 Å². The van der Waals surface area contributed by atoms with Crippen molar-refractivity contribution in [1.29, 1.82) is 0 Å². The van der Waals surface area contributed by atoms with Crippen molar-refractivity contribution >= 4 is 5.91 Å². The average molecular weight is 371 g/mol. The highest BCUT2D eigenvalue weighted by Crippen LogP contribution is 2.32. The molecule has 2 aliphatic heterocycles. The number of hydrogen-bond acceptors (Lipinski definition) is 4. The number of carbonyl (C=O) groups excluding carboxylic acids is 1. The first-order chi connectivity index (χ1) is 12.4. The van der Waals surface area contributed by atoms with Gasteiger partial charge in [-0.25, -0.2) is 0 Å². The molecule has 5 nitrogen and oxygen atoms in total. The normalized spacial score (nSPS) is 21.3. The molecule has 3 rings (SSSR count). The maximum absolute atomic E-state index is 13.1. The number of piperidine rings is 1. The van der Waals surface area contributed by atoms with E-state index >= 15 is 0 Å². The summed E-state index contributed by atoms with van der Waals surface area (Å²) in [4.78, 5) is 18.5. The summed E-state index contributed by atoms with van der Waals surface area (Å²) in [5.41, 5.74) is -1.82. The smallest absolute Gasteiger partial charge is 0.381 e. The van der Waals surface area contributed by atoms with Gasteiger partial charge in [-0.3, -0.25) is 14.7 Å². The predicted octanol–water partition coefficient (Wildman–Crippen LogP) is 2.87. The Morgan fingerprint density at radius 1 is 1.23 bits per heavy atom. The zero-order chi connectivity index (χ0) is 18.6. The van der Waals surface area contributed by atoms with Gasteiger partial charge in [0, 0.05) is 31.5 Å². The molecule has 1 amide bonds. The highest BCUT2D eigenvalue weighted by atomic mass is 19.4. The van der Waals surface area contributed by atoms with Crippen LogP contribution in [0, 0.1) is 0 Å². The second-order valence-electron chi connectivity index (χ2n) is 6.96. The average Bonchev–Trinajstić information content (AvgIpc) is 2.67. The monoisotopic (exact) mass is 371 g/mol. The van der Waals surface area contributed by atoms with Gasteiger partial charge in [-0.05, 0) is 50.9 Å². The van der Waals surface area contributed by atoms with Crippen molar-refractivity contribution in [3.05, 3.63) is 29.6 Å². The molecule has 26 heavy (non-hydrogen) atoms. The number of nitrogens with one attached hydrogen (secondary N) is 1. The molecular weight excluding hydrogens is 347 g/mol. The molecule has 0 unspecified atom stereocenters. The van der Waals surface area contributed by atoms with Crippen LogP contribution < -0.4 is 5.32 Å². The van der Waals surface area contributed by atoms with Gasteiger partial charge in [-0.15, -0.1) is 0 Å². The van der Waals surface area contributed by atoms with Crippen molar-refractivity contribution in [2.45, 2.75) is 43.8 Å². The molecule has 0 radical (unpaired) electrons. The van der Waals surface area contributed by atoms with Gasteiger partial charge in [-0.2, -0.15) is 13.2 Å². The van der Waals surface area contributed by atoms with Gasteiger partial charge in [0.15, 0.2) is 0 Å². The number of aromatic nitrogens is 1. The Labute approximate surface area is 150 Å². The first kappa shape index (κ1) is 19.1. The van der Waals surface area contributed by atoms with Crippen LogP contribution in [-0.4, -0.2) is 54.2 Å². The lowest BCUT2D eigenvalue weighted by atomic mass is 9.86. The highest BCUT2D eigenvalue weighted by Gasteiger charge is 2.40. The third-order valence-electron chi connectivity index (χ3n) is 5.36. The SMILES string of the molecule is O=C(NCC1(N2CCCCC2)CCOCC1)c1ncccc1C(F)(F)F. The second-order valence-corrected chi connectivity index (χ2v) is 6.96. The number of ether oxygens (including phenoxy) is 1. The number of pyridine rings is 1. The van der Waals surface area contributed by atoms with Crippen LogP contribution in [0.2, 0.25) is 0 Å². The van der Waals surface area contributed by atoms with Crippen LogP contribution in [0.4, 0.5) is 13.2 Å². The van der Waals surface area contributed by atoms with Crippen molar-refractivity contribution < 1.29 is 22.7 Å². The Hall–Kier alpha value is -1.67. The zero-order valence-electron chi connectivity index (χ0n) is 14.6. The summed E-state index contributed by atoms with van der Waals surface area (Å²) in [5, 5.41) is 2.72. The fourth-order valence-electron chi connectivity index (χ4n) is 3.87. The molecule has 2 aliphatic rings. The first-order valence-electron chi connectivity index (χ1n) is 9.06. The molecule has 144 valence electrons. The second kappa shape index (κ2) is 7.92. The van der Waals surface area contributed by atoms with E-state index in [0.29, 0.717) is 19.8 Å². The fourth-order valence-corrected chi connectivity index (χ4v) is 3.87. The minimum atomic E-state index is -4.61. The first-order valence-corrected chi connectivity index (χ1v) is 9.06. The zero-order valence-corrected chi connectivity index (χ0v) is 14.6. The van der Waals surface area contributed by atoms with Crippen molar-refractivity contribution in [2.75, 3.05) is 32.8 Å². The maximum Gasteiger partial charge on any atom is 0.418 e. The maximum atomic E-state index is 13.1. The van der Waals surface area contributed by atoms with Crippen molar-refractivity contribution in [3.8, 4) is 0 Å². The van der Waals surface area contributed by atoms with E-state index in [-0.39, 0.29) is 5.54 Å². The number of amides is 1. The van der Waals surface area contributed by atoms with Crippen LogP contribution in [0.1, 0.15) is 48.2 Å². The number of carbonyl (C=O) groups is 1. The number of rotatable bonds is 4. The Bertz CT molecular complexity index is 624. The molecule has 2 fully saturated rings. The number of halogens is 3. The minimum absolute atomic E-state index is 0.249. The van der Waals surface area contributed by atoms with E-state index in [1.807, 2.05) is 0 Å². The predicted molar refractivity (Wildman–Crippen MR) is 89.8 cm³/mol. The molecule has 0 bridgehead atoms. The molecule has 0 atom stereocenters. The molecular formula is C18H24F3N3O2. The molecule has 1 aromatic rings. The lowest BCUT2D eigenvalue weighted by Gasteiger charge is -2.48. The summed E-state index contributed by atoms with van der Waals surface area (Å²) in [5.74, 6) is -0.777. The van der Waals surface area contributed by atoms with E-state index in [1.165, 1.54) is 18.7 Å². The topological polar surface area (TPSA) is 54.5 Å². The Balaban J connectivity index is 1.74. The fraction of sp³-hybridized carbons (Fsp3) is 0.667. The van der Waals surface area contributed by atoms with Gasteiger partial charge >= 0.3 is 6.18 Å². The summed E-state index contributed by atoms with van der Waals surface area (Å²) >= 11 is 0. The summed E-state index contributed by atoms with van der Waals surface area (Å²) in [6.07, 6.45) is 1.54. The number of hydrogen-bond donors (Lipinski definition) is 1. The molecule has 1 N–H and O–H groups in total. The lowest BCUT2D eigenvalue weighted by molar-refractivity contribution is -0.138. The van der Waals surface area contributed by atoms with Crippen LogP contribution >= 0.6 is 0 Å². The van der Waals surface area contributed by atoms with Gasteiger partial charge in [0.25, 0.3) is 5.91 Å². The molecule has 0 saturated carbocycles. The van der Waals surface area contributed by atoms with E-state index in [9.17, 15) is 18.0 Å². The third kappa shape index (κ3) is 4.17. The molecule has 0 aromatic carbocycles. The molecule has 0 aliphatic carbocycles. The van der Waals surface area contributed by atoms with Crippen molar-refractivity contribution in [3.63, 3.8) is 0 Å². The van der Waals surface area contributed by atoms with Gasteiger partial charge in [0.1, 0.15) is 5.69 Å². The van der Waals surface area contributed by atoms with Crippen LogP contribution in [0.5, 0.6) is 0 Å². The largest absolute Gasteiger partial charge is 0.418 e. The van der Waals surface area contributed by atoms with Crippen LogP contribution in [0.25, 0.3) is 0 Å². The van der Waals surface area contributed by atoms with Crippen LogP contribution in [0.3, 0.4) is 0 Å². The van der Waals surface area contributed by atoms with E-state index in [1.54, 1.807) is 0 Å². The molecule has 1 aromatic heterocycles. The van der Waals surface area contributed by atoms with Crippen LogP contribution in [-0.2, 0) is 10.9 Å². The lowest BCUT2D eigenvalue weighted by Crippen LogP contribution is -2.59. The van der Waals surface area contributed by atoms with Crippen LogP contribution in [0.15, 0.2) is 18.3 Å². The van der Waals surface area contributed by atoms with E-state index in [0.717, 1.165) is 44.8 Å². The van der Waals surface area contributed by atoms with Gasteiger partial charge in [0.05, 0.1) is 5.56 Å². The highest BCUT2D eigenvalue weighted by molar-refractivity contribution is 5.93. The van der Waals surface area contributed by atoms with E-state index in [2.05, 4.69) is 15.2 Å². The number of nitrogens with zero attached hydrogens (tertiary/aromatic N) is 2. The summed E-state index contributed by atoms with van der Waals surface area (Å²) in [7, 11) is 0.